The van der Waals surface area contributed by atoms with Gasteiger partial charge in [-0.05, 0) is 60.4 Å². The van der Waals surface area contributed by atoms with Crippen LogP contribution >= 0.6 is 22.9 Å². The zero-order valence-corrected chi connectivity index (χ0v) is 27.3. The smallest absolute Gasteiger partial charge is 0.395 e. The Morgan fingerprint density at radius 1 is 1.15 bits per heavy atom. The first kappa shape index (κ1) is 33.8. The lowest BCUT2D eigenvalue weighted by molar-refractivity contribution is -0.195. The fourth-order valence-corrected chi connectivity index (χ4v) is 7.48. The molecule has 48 heavy (non-hydrogen) atoms. The number of halogens is 6. The standard InChI is InChI=1S/C32H30ClF5N6O3S/c1-17(2)13-31(24-12-19-5-3-4-6-23(19)48-24)28(46)43(29(39)42-31)22(15-47-25(45)14-30(9-10-30)32(36,37)38)18-7-8-20(33)21(11-18)44-27(26(34)35)40-16-41-44/h3-8,11-12,16-17,22,26H,9-10,13-15H2,1-2H3,(H2,39,42)/t22-,31-/m1/s1. The fourth-order valence-electron chi connectivity index (χ4n) is 6.09. The Bertz CT molecular complexity index is 1870. The number of benzene rings is 2. The number of nitrogens with zero attached hydrogens (tertiary/aromatic N) is 5. The summed E-state index contributed by atoms with van der Waals surface area (Å²) in [5.41, 5.74) is 3.10. The molecular formula is C32H30ClF5N6O3S. The lowest BCUT2D eigenvalue weighted by Gasteiger charge is -2.32. The molecule has 1 fully saturated rings. The van der Waals surface area contributed by atoms with Crippen molar-refractivity contribution in [3.63, 3.8) is 0 Å². The van der Waals surface area contributed by atoms with E-state index in [9.17, 15) is 31.5 Å². The number of aromatic nitrogens is 3. The molecule has 0 unspecified atom stereocenters. The number of hydrogen-bond donors (Lipinski definition) is 1. The quantitative estimate of drug-likeness (QED) is 0.128. The number of alkyl halides is 5. The van der Waals surface area contributed by atoms with E-state index < -0.39 is 60.3 Å². The molecule has 9 nitrogen and oxygen atoms in total. The van der Waals surface area contributed by atoms with Gasteiger partial charge in [0.2, 0.25) is 0 Å². The summed E-state index contributed by atoms with van der Waals surface area (Å²) in [4.78, 5) is 37.7. The van der Waals surface area contributed by atoms with Crippen LogP contribution in [0.1, 0.15) is 68.3 Å². The number of thiophene rings is 1. The highest BCUT2D eigenvalue weighted by molar-refractivity contribution is 7.19. The summed E-state index contributed by atoms with van der Waals surface area (Å²) in [5, 5.41) is 4.79. The van der Waals surface area contributed by atoms with Crippen molar-refractivity contribution in [2.24, 2.45) is 22.1 Å². The molecule has 0 saturated heterocycles. The van der Waals surface area contributed by atoms with Gasteiger partial charge in [-0.25, -0.2) is 23.4 Å². The van der Waals surface area contributed by atoms with Gasteiger partial charge in [0.05, 0.1) is 28.6 Å². The van der Waals surface area contributed by atoms with Gasteiger partial charge in [-0.3, -0.25) is 14.5 Å². The molecule has 2 N–H and O–H groups in total. The van der Waals surface area contributed by atoms with Gasteiger partial charge in [0.1, 0.15) is 12.9 Å². The monoisotopic (exact) mass is 708 g/mol. The van der Waals surface area contributed by atoms with Crippen LogP contribution in [0.25, 0.3) is 15.8 Å². The molecule has 1 saturated carbocycles. The Morgan fingerprint density at radius 2 is 1.88 bits per heavy atom. The SMILES string of the molecule is CC(C)C[C@]1(c2cc3ccccc3s2)N=C(N)N([C@H](COC(=O)CC2(C(F)(F)F)CC2)c2ccc(Cl)c(-n3ncnc3C(F)F)c2)C1=O. The zero-order valence-electron chi connectivity index (χ0n) is 25.7. The molecule has 1 amide bonds. The second-order valence-electron chi connectivity index (χ2n) is 12.4. The molecule has 2 aromatic heterocycles. The number of fused-ring (bicyclic) bond motifs is 1. The number of esters is 1. The topological polar surface area (TPSA) is 116 Å². The number of carbonyl (C=O) groups excluding carboxylic acids is 2. The second-order valence-corrected chi connectivity index (χ2v) is 13.9. The lowest BCUT2D eigenvalue weighted by Crippen LogP contribution is -2.46. The average Bonchev–Trinajstić information content (AvgIpc) is 3.34. The average molecular weight is 709 g/mol. The third-order valence-electron chi connectivity index (χ3n) is 8.67. The van der Waals surface area contributed by atoms with Crippen molar-refractivity contribution in [1.82, 2.24) is 19.7 Å². The number of rotatable bonds is 11. The van der Waals surface area contributed by atoms with Crippen LogP contribution in [-0.4, -0.2) is 50.3 Å². The van der Waals surface area contributed by atoms with Crippen LogP contribution in [-0.2, 0) is 19.9 Å². The minimum atomic E-state index is -4.58. The maximum Gasteiger partial charge on any atom is 0.395 e. The molecule has 16 heteroatoms. The molecule has 2 atom stereocenters. The normalized spacial score (nSPS) is 19.8. The van der Waals surface area contributed by atoms with E-state index in [-0.39, 0.29) is 47.4 Å². The van der Waals surface area contributed by atoms with Crippen LogP contribution in [0.15, 0.2) is 59.9 Å². The number of nitrogens with two attached hydrogens (primary N) is 1. The first-order valence-corrected chi connectivity index (χ1v) is 16.2. The van der Waals surface area contributed by atoms with Crippen molar-refractivity contribution < 1.29 is 36.3 Å². The van der Waals surface area contributed by atoms with Crippen LogP contribution in [0.2, 0.25) is 5.02 Å². The molecule has 0 bridgehead atoms. The lowest BCUT2D eigenvalue weighted by atomic mass is 9.86. The maximum absolute atomic E-state index is 14.7. The van der Waals surface area contributed by atoms with Crippen LogP contribution in [0.3, 0.4) is 0 Å². The Labute approximate surface area is 280 Å². The molecule has 4 aromatic rings. The number of hydrogen-bond acceptors (Lipinski definition) is 8. The van der Waals surface area contributed by atoms with E-state index in [1.165, 1.54) is 29.5 Å². The summed E-state index contributed by atoms with van der Waals surface area (Å²) in [6, 6.07) is 12.4. The van der Waals surface area contributed by atoms with Gasteiger partial charge in [-0.2, -0.15) is 18.3 Å². The van der Waals surface area contributed by atoms with Crippen LogP contribution in [0.5, 0.6) is 0 Å². The number of guanidine groups is 1. The van der Waals surface area contributed by atoms with Gasteiger partial charge in [0.25, 0.3) is 12.3 Å². The Kier molecular flexibility index (Phi) is 8.73. The van der Waals surface area contributed by atoms with E-state index in [0.29, 0.717) is 4.88 Å². The molecule has 6 rings (SSSR count). The summed E-state index contributed by atoms with van der Waals surface area (Å²) in [6.07, 6.45) is -7.68. The molecular weight excluding hydrogens is 679 g/mol. The first-order valence-electron chi connectivity index (χ1n) is 15.0. The summed E-state index contributed by atoms with van der Waals surface area (Å²) in [5.74, 6) is -2.59. The van der Waals surface area contributed by atoms with Gasteiger partial charge in [-0.1, -0.05) is 49.7 Å². The Morgan fingerprint density at radius 3 is 2.52 bits per heavy atom. The molecule has 1 aliphatic carbocycles. The molecule has 0 radical (unpaired) electrons. The van der Waals surface area contributed by atoms with Crippen molar-refractivity contribution in [1.29, 1.82) is 0 Å². The third-order valence-corrected chi connectivity index (χ3v) is 10.3. The molecule has 254 valence electrons. The van der Waals surface area contributed by atoms with E-state index in [4.69, 9.17) is 27.1 Å². The van der Waals surface area contributed by atoms with Crippen LogP contribution in [0.4, 0.5) is 22.0 Å². The molecule has 3 heterocycles. The summed E-state index contributed by atoms with van der Waals surface area (Å²) >= 11 is 7.79. The molecule has 1 aliphatic heterocycles. The second kappa shape index (κ2) is 12.4. The van der Waals surface area contributed by atoms with E-state index in [1.807, 2.05) is 44.2 Å². The van der Waals surface area contributed by atoms with Crippen LogP contribution in [0, 0.1) is 11.3 Å². The fraction of sp³-hybridized carbons (Fsp3) is 0.406. The van der Waals surface area contributed by atoms with E-state index in [0.717, 1.165) is 26.0 Å². The van der Waals surface area contributed by atoms with Gasteiger partial charge >= 0.3 is 12.1 Å². The highest BCUT2D eigenvalue weighted by Crippen LogP contribution is 2.60. The summed E-state index contributed by atoms with van der Waals surface area (Å²) in [6.45, 7) is 3.24. The van der Waals surface area contributed by atoms with Crippen molar-refractivity contribution in [3.05, 3.63) is 76.1 Å². The van der Waals surface area contributed by atoms with Crippen molar-refractivity contribution in [3.8, 4) is 5.69 Å². The minimum absolute atomic E-state index is 0.0107. The highest BCUT2D eigenvalue weighted by atomic mass is 35.5. The maximum atomic E-state index is 14.7. The minimum Gasteiger partial charge on any atom is -0.463 e. The van der Waals surface area contributed by atoms with Gasteiger partial charge in [0.15, 0.2) is 17.3 Å². The van der Waals surface area contributed by atoms with Gasteiger partial charge in [-0.15, -0.1) is 11.3 Å². The van der Waals surface area contributed by atoms with E-state index in [2.05, 4.69) is 10.1 Å². The van der Waals surface area contributed by atoms with Crippen molar-refractivity contribution >= 4 is 50.9 Å². The zero-order chi connectivity index (χ0) is 34.6. The number of carbonyl (C=O) groups is 2. The summed E-state index contributed by atoms with van der Waals surface area (Å²) < 4.78 is 75.6. The van der Waals surface area contributed by atoms with Crippen molar-refractivity contribution in [2.45, 2.75) is 63.7 Å². The Hall–Kier alpha value is -4.11. The van der Waals surface area contributed by atoms with Gasteiger partial charge < -0.3 is 10.5 Å². The predicted octanol–water partition coefficient (Wildman–Crippen LogP) is 7.49. The first-order chi connectivity index (χ1) is 22.7. The van der Waals surface area contributed by atoms with E-state index >= 15 is 0 Å². The van der Waals surface area contributed by atoms with Gasteiger partial charge in [0, 0.05) is 9.58 Å². The van der Waals surface area contributed by atoms with E-state index in [1.54, 1.807) is 0 Å². The summed E-state index contributed by atoms with van der Waals surface area (Å²) in [7, 11) is 0. The largest absolute Gasteiger partial charge is 0.463 e. The Balaban J connectivity index is 1.41. The highest BCUT2D eigenvalue weighted by Gasteiger charge is 2.64. The number of amides is 1. The van der Waals surface area contributed by atoms with Crippen molar-refractivity contribution in [2.75, 3.05) is 6.61 Å². The molecule has 0 spiro atoms. The third kappa shape index (κ3) is 6.02. The number of aliphatic imine (C=N–C) groups is 1. The van der Waals surface area contributed by atoms with Crippen LogP contribution < -0.4 is 5.73 Å². The predicted molar refractivity (Wildman–Crippen MR) is 169 cm³/mol. The molecule has 2 aliphatic rings. The molecule has 2 aromatic carbocycles. The number of ether oxygens (including phenoxy) is 1.